The molecule has 2 aromatic rings. The number of hydrogen-bond acceptors (Lipinski definition) is 6. The van der Waals surface area contributed by atoms with Crippen LogP contribution in [-0.2, 0) is 11.3 Å². The second-order valence-corrected chi connectivity index (χ2v) is 5.96. The minimum Gasteiger partial charge on any atom is -0.496 e. The minimum absolute atomic E-state index is 0.0544. The first kappa shape index (κ1) is 14.8. The van der Waals surface area contributed by atoms with Gasteiger partial charge in [0, 0.05) is 12.1 Å². The van der Waals surface area contributed by atoms with Crippen molar-refractivity contribution in [1.29, 1.82) is 0 Å². The lowest BCUT2D eigenvalue weighted by Crippen LogP contribution is -2.25. The van der Waals surface area contributed by atoms with Crippen LogP contribution >= 0.6 is 11.8 Å². The van der Waals surface area contributed by atoms with E-state index < -0.39 is 0 Å². The molecule has 0 unspecified atom stereocenters. The fourth-order valence-corrected chi connectivity index (χ4v) is 2.83. The number of amides is 1. The quantitative estimate of drug-likeness (QED) is 0.777. The molecule has 1 aromatic heterocycles. The molecule has 0 spiro atoms. The van der Waals surface area contributed by atoms with E-state index in [1.807, 2.05) is 24.3 Å². The molecule has 0 saturated heterocycles. The monoisotopic (exact) mass is 319 g/mol. The van der Waals surface area contributed by atoms with Gasteiger partial charge in [-0.15, -0.1) is 5.10 Å². The van der Waals surface area contributed by atoms with Crippen LogP contribution in [0.1, 0.15) is 24.4 Å². The number of tetrazole rings is 1. The third-order valence-corrected chi connectivity index (χ3v) is 4.29. The summed E-state index contributed by atoms with van der Waals surface area (Å²) in [5.41, 5.74) is 0.950. The summed E-state index contributed by atoms with van der Waals surface area (Å²) < 4.78 is 7.06. The predicted molar refractivity (Wildman–Crippen MR) is 81.7 cm³/mol. The summed E-state index contributed by atoms with van der Waals surface area (Å²) in [5.74, 6) is 1.01. The van der Waals surface area contributed by atoms with Crippen LogP contribution in [0.25, 0.3) is 0 Å². The van der Waals surface area contributed by atoms with Crippen molar-refractivity contribution in [3.05, 3.63) is 29.8 Å². The van der Waals surface area contributed by atoms with Gasteiger partial charge >= 0.3 is 0 Å². The van der Waals surface area contributed by atoms with Crippen LogP contribution in [0, 0.1) is 0 Å². The van der Waals surface area contributed by atoms with E-state index in [9.17, 15) is 4.79 Å². The SMILES string of the molecule is COc1ccccc1CNC(=O)CSc1nnnn1C1CC1. The highest BCUT2D eigenvalue weighted by molar-refractivity contribution is 7.99. The highest BCUT2D eigenvalue weighted by Gasteiger charge is 2.28. The van der Waals surface area contributed by atoms with E-state index in [0.29, 0.717) is 23.5 Å². The molecule has 3 rings (SSSR count). The second kappa shape index (κ2) is 6.78. The number of nitrogens with zero attached hydrogens (tertiary/aromatic N) is 4. The fraction of sp³-hybridized carbons (Fsp3) is 0.429. The molecule has 0 atom stereocenters. The molecule has 1 saturated carbocycles. The van der Waals surface area contributed by atoms with Crippen LogP contribution in [0.3, 0.4) is 0 Å². The lowest BCUT2D eigenvalue weighted by Gasteiger charge is -2.09. The lowest BCUT2D eigenvalue weighted by atomic mass is 10.2. The normalized spacial score (nSPS) is 13.9. The van der Waals surface area contributed by atoms with Crippen LogP contribution in [-0.4, -0.2) is 39.0 Å². The van der Waals surface area contributed by atoms with Crippen molar-refractivity contribution in [3.8, 4) is 5.75 Å². The molecule has 0 bridgehead atoms. The van der Waals surface area contributed by atoms with Gasteiger partial charge < -0.3 is 10.1 Å². The van der Waals surface area contributed by atoms with Gasteiger partial charge in [-0.3, -0.25) is 4.79 Å². The van der Waals surface area contributed by atoms with Gasteiger partial charge in [-0.05, 0) is 29.3 Å². The van der Waals surface area contributed by atoms with Gasteiger partial charge in [-0.25, -0.2) is 4.68 Å². The molecular weight excluding hydrogens is 302 g/mol. The molecule has 1 aliphatic carbocycles. The van der Waals surface area contributed by atoms with Crippen LogP contribution in [0.15, 0.2) is 29.4 Å². The summed E-state index contributed by atoms with van der Waals surface area (Å²) in [6, 6.07) is 8.04. The maximum Gasteiger partial charge on any atom is 0.230 e. The average Bonchev–Trinajstić information content (AvgIpc) is 3.29. The van der Waals surface area contributed by atoms with Gasteiger partial charge in [-0.2, -0.15) is 0 Å². The van der Waals surface area contributed by atoms with Crippen molar-refractivity contribution in [2.24, 2.45) is 0 Å². The standard InChI is InChI=1S/C14H17N5O2S/c1-21-12-5-3-2-4-10(12)8-15-13(20)9-22-14-16-17-18-19(14)11-6-7-11/h2-5,11H,6-9H2,1H3,(H,15,20). The van der Waals surface area contributed by atoms with Crippen LogP contribution < -0.4 is 10.1 Å². The number of carbonyl (C=O) groups excluding carboxylic acids is 1. The zero-order valence-corrected chi connectivity index (χ0v) is 13.0. The number of para-hydroxylation sites is 1. The molecule has 1 N–H and O–H groups in total. The Morgan fingerprint density at radius 3 is 3.05 bits per heavy atom. The molecule has 1 heterocycles. The maximum atomic E-state index is 12.0. The summed E-state index contributed by atoms with van der Waals surface area (Å²) in [6.45, 7) is 0.441. The molecule has 1 fully saturated rings. The summed E-state index contributed by atoms with van der Waals surface area (Å²) in [6.07, 6.45) is 2.22. The first-order valence-corrected chi connectivity index (χ1v) is 8.05. The fourth-order valence-electron chi connectivity index (χ4n) is 2.05. The number of aromatic nitrogens is 4. The van der Waals surface area contributed by atoms with E-state index >= 15 is 0 Å². The number of rotatable bonds is 7. The van der Waals surface area contributed by atoms with Crippen molar-refractivity contribution in [2.75, 3.05) is 12.9 Å². The van der Waals surface area contributed by atoms with Crippen molar-refractivity contribution in [1.82, 2.24) is 25.5 Å². The number of carbonyl (C=O) groups is 1. The zero-order chi connectivity index (χ0) is 15.4. The van der Waals surface area contributed by atoms with Crippen LogP contribution in [0.4, 0.5) is 0 Å². The van der Waals surface area contributed by atoms with Crippen LogP contribution in [0.2, 0.25) is 0 Å². The molecule has 116 valence electrons. The highest BCUT2D eigenvalue weighted by Crippen LogP contribution is 2.36. The molecule has 8 heteroatoms. The predicted octanol–water partition coefficient (Wildman–Crippen LogP) is 1.43. The Hall–Kier alpha value is -2.09. The Morgan fingerprint density at radius 1 is 1.45 bits per heavy atom. The number of ether oxygens (including phenoxy) is 1. The molecule has 7 nitrogen and oxygen atoms in total. The van der Waals surface area contributed by atoms with Crippen molar-refractivity contribution in [3.63, 3.8) is 0 Å². The van der Waals surface area contributed by atoms with Gasteiger partial charge in [0.05, 0.1) is 18.9 Å². The van der Waals surface area contributed by atoms with Crippen molar-refractivity contribution < 1.29 is 9.53 Å². The lowest BCUT2D eigenvalue weighted by molar-refractivity contribution is -0.118. The zero-order valence-electron chi connectivity index (χ0n) is 12.2. The van der Waals surface area contributed by atoms with Crippen molar-refractivity contribution in [2.45, 2.75) is 30.6 Å². The Bertz CT molecular complexity index is 656. The van der Waals surface area contributed by atoms with Gasteiger partial charge in [0.25, 0.3) is 0 Å². The molecule has 1 aromatic carbocycles. The number of benzene rings is 1. The highest BCUT2D eigenvalue weighted by atomic mass is 32.2. The Labute approximate surface area is 132 Å². The summed E-state index contributed by atoms with van der Waals surface area (Å²) in [7, 11) is 1.62. The number of nitrogens with one attached hydrogen (secondary N) is 1. The van der Waals surface area contributed by atoms with Gasteiger partial charge in [0.15, 0.2) is 0 Å². The number of thioether (sulfide) groups is 1. The average molecular weight is 319 g/mol. The molecule has 1 amide bonds. The number of methoxy groups -OCH3 is 1. The van der Waals surface area contributed by atoms with Crippen molar-refractivity contribution >= 4 is 17.7 Å². The van der Waals surface area contributed by atoms with E-state index in [-0.39, 0.29) is 5.91 Å². The first-order chi connectivity index (χ1) is 10.8. The maximum absolute atomic E-state index is 12.0. The van der Waals surface area contributed by atoms with E-state index in [0.717, 1.165) is 24.2 Å². The Balaban J connectivity index is 1.49. The van der Waals surface area contributed by atoms with E-state index in [4.69, 9.17) is 4.74 Å². The molecule has 0 aliphatic heterocycles. The van der Waals surface area contributed by atoms with E-state index in [2.05, 4.69) is 20.8 Å². The third kappa shape index (κ3) is 3.56. The Kier molecular flexibility index (Phi) is 4.57. The summed E-state index contributed by atoms with van der Waals surface area (Å²) in [4.78, 5) is 12.0. The third-order valence-electron chi connectivity index (χ3n) is 3.36. The topological polar surface area (TPSA) is 81.9 Å². The molecule has 0 radical (unpaired) electrons. The summed E-state index contributed by atoms with van der Waals surface area (Å²) >= 11 is 1.36. The van der Waals surface area contributed by atoms with Gasteiger partial charge in [-0.1, -0.05) is 30.0 Å². The van der Waals surface area contributed by atoms with E-state index in [1.165, 1.54) is 11.8 Å². The first-order valence-electron chi connectivity index (χ1n) is 7.07. The van der Waals surface area contributed by atoms with Crippen LogP contribution in [0.5, 0.6) is 5.75 Å². The van der Waals surface area contributed by atoms with Gasteiger partial charge in [0.1, 0.15) is 5.75 Å². The largest absolute Gasteiger partial charge is 0.496 e. The number of hydrogen-bond donors (Lipinski definition) is 1. The smallest absolute Gasteiger partial charge is 0.230 e. The Morgan fingerprint density at radius 2 is 2.27 bits per heavy atom. The van der Waals surface area contributed by atoms with Gasteiger partial charge in [0.2, 0.25) is 11.1 Å². The second-order valence-electron chi connectivity index (χ2n) is 5.01. The summed E-state index contributed by atoms with van der Waals surface area (Å²) in [5, 5.41) is 15.2. The molecular formula is C14H17N5O2S. The van der Waals surface area contributed by atoms with E-state index in [1.54, 1.807) is 11.8 Å². The molecule has 22 heavy (non-hydrogen) atoms. The minimum atomic E-state index is -0.0544. The molecule has 1 aliphatic rings.